The van der Waals surface area contributed by atoms with Crippen molar-refractivity contribution in [2.45, 2.75) is 124 Å². The van der Waals surface area contributed by atoms with E-state index in [9.17, 15) is 75.4 Å². The molecule has 3 N–H and O–H groups in total. The van der Waals surface area contributed by atoms with Crippen molar-refractivity contribution in [3.8, 4) is 11.5 Å². The molecule has 0 saturated heterocycles. The zero-order chi connectivity index (χ0) is 54.0. The predicted molar refractivity (Wildman–Crippen MR) is 218 cm³/mol. The summed E-state index contributed by atoms with van der Waals surface area (Å²) in [4.78, 5) is 24.3. The number of carbonyl (C=O) groups excluding carboxylic acids is 2. The van der Waals surface area contributed by atoms with Crippen LogP contribution in [0.3, 0.4) is 0 Å². The van der Waals surface area contributed by atoms with Crippen molar-refractivity contribution in [2.24, 2.45) is 0 Å². The van der Waals surface area contributed by atoms with Gasteiger partial charge in [0.2, 0.25) is 0 Å². The van der Waals surface area contributed by atoms with E-state index in [-0.39, 0.29) is 12.2 Å². The molecule has 2 atom stereocenters. The van der Waals surface area contributed by atoms with Crippen LogP contribution in [0.5, 0.6) is 11.5 Å². The standard InChI is InChI=1S/C42H49F17N2O8Si/c1-25(2)70(26(3)4,24-21-35(43,44)36(45,46)37(47,48)38(49,50)39(51,52)40(53,54)41(55,56)42(57,58)59)68-23-22-67-30-17-13-27(14-18-30)33(31(66-6)11-9-7-8-10-12-32(62)61-64)69-34(63)60-28-15-19-29(65-5)20-16-28/h7-8,10,12-20,25-26,31,33,64H,9,11,21-24H2,1-6H3,(H,60,63)(H,61,62)/b8-7+,12-10+/t31-,33-/m1/s1. The van der Waals surface area contributed by atoms with E-state index in [0.717, 1.165) is 6.08 Å². The number of benzene rings is 2. The fourth-order valence-electron chi connectivity index (χ4n) is 6.80. The Balaban J connectivity index is 2.32. The van der Waals surface area contributed by atoms with Crippen molar-refractivity contribution in [3.63, 3.8) is 0 Å². The van der Waals surface area contributed by atoms with Gasteiger partial charge in [-0.2, -0.15) is 74.6 Å². The van der Waals surface area contributed by atoms with Crippen molar-refractivity contribution >= 4 is 26.0 Å². The summed E-state index contributed by atoms with van der Waals surface area (Å²) in [6.45, 7) is 4.24. The number of halogens is 17. The number of methoxy groups -OCH3 is 2. The van der Waals surface area contributed by atoms with E-state index in [1.807, 2.05) is 0 Å². The summed E-state index contributed by atoms with van der Waals surface area (Å²) in [5.41, 5.74) is 0.300. The largest absolute Gasteiger partial charge is 0.497 e. The highest BCUT2D eigenvalue weighted by Crippen LogP contribution is 2.64. The first kappa shape index (κ1) is 61.3. The number of ether oxygens (including phenoxy) is 4. The summed E-state index contributed by atoms with van der Waals surface area (Å²) in [5.74, 6) is -57.1. The van der Waals surface area contributed by atoms with Gasteiger partial charge in [0, 0.05) is 25.3 Å². The average Bonchev–Trinajstić information content (AvgIpc) is 3.27. The molecule has 0 unspecified atom stereocenters. The highest BCUT2D eigenvalue weighted by molar-refractivity contribution is 6.76. The molecular weight excluding hydrogens is 1010 g/mol. The van der Waals surface area contributed by atoms with Crippen LogP contribution in [0.15, 0.2) is 72.8 Å². The van der Waals surface area contributed by atoms with Crippen LogP contribution >= 0.6 is 0 Å². The van der Waals surface area contributed by atoms with Crippen LogP contribution in [0, 0.1) is 0 Å². The fraction of sp³-hybridized carbons (Fsp3) is 0.571. The molecule has 0 heterocycles. The lowest BCUT2D eigenvalue weighted by atomic mass is 9.88. The molecule has 0 radical (unpaired) electrons. The Kier molecular flexibility index (Phi) is 20.7. The van der Waals surface area contributed by atoms with E-state index in [4.69, 9.17) is 28.6 Å². The molecular formula is C42H49F17N2O8Si. The van der Waals surface area contributed by atoms with Gasteiger partial charge in [-0.15, -0.1) is 0 Å². The number of hydrogen-bond acceptors (Lipinski definition) is 8. The summed E-state index contributed by atoms with van der Waals surface area (Å²) in [6.07, 6.45) is -7.14. The molecule has 0 fully saturated rings. The van der Waals surface area contributed by atoms with Crippen LogP contribution in [0.2, 0.25) is 17.1 Å². The first-order valence-electron chi connectivity index (χ1n) is 20.5. The van der Waals surface area contributed by atoms with Gasteiger partial charge < -0.3 is 23.4 Å². The van der Waals surface area contributed by atoms with Gasteiger partial charge in [0.15, 0.2) is 14.4 Å². The minimum Gasteiger partial charge on any atom is -0.497 e. The molecule has 10 nitrogen and oxygen atoms in total. The molecule has 28 heteroatoms. The van der Waals surface area contributed by atoms with Gasteiger partial charge in [0.1, 0.15) is 18.1 Å². The van der Waals surface area contributed by atoms with Gasteiger partial charge >= 0.3 is 53.7 Å². The lowest BCUT2D eigenvalue weighted by molar-refractivity contribution is -0.461. The number of anilines is 1. The average molecular weight is 1060 g/mol. The topological polar surface area (TPSA) is 125 Å². The number of allylic oxidation sites excluding steroid dienone is 3. The van der Waals surface area contributed by atoms with E-state index in [1.165, 1.54) is 95.9 Å². The summed E-state index contributed by atoms with van der Waals surface area (Å²) in [6, 6.07) is 10.6. The van der Waals surface area contributed by atoms with Crippen molar-refractivity contribution < 1.29 is 113 Å². The Morgan fingerprint density at radius 1 is 0.671 bits per heavy atom. The zero-order valence-corrected chi connectivity index (χ0v) is 38.7. The highest BCUT2D eigenvalue weighted by Gasteiger charge is 2.95. The van der Waals surface area contributed by atoms with Crippen molar-refractivity contribution in [1.82, 2.24) is 5.48 Å². The highest BCUT2D eigenvalue weighted by atomic mass is 28.4. The predicted octanol–water partition coefficient (Wildman–Crippen LogP) is 13.0. The molecule has 0 aliphatic carbocycles. The first-order chi connectivity index (χ1) is 32.0. The van der Waals surface area contributed by atoms with Gasteiger partial charge in [-0.05, 0) is 71.9 Å². The monoisotopic (exact) mass is 1060 g/mol. The second-order valence-corrected chi connectivity index (χ2v) is 21.0. The summed E-state index contributed by atoms with van der Waals surface area (Å²) in [5, 5.41) is 11.2. The number of alkyl halides is 17. The third-order valence-corrected chi connectivity index (χ3v) is 16.6. The molecule has 2 rings (SSSR count). The van der Waals surface area contributed by atoms with E-state index < -0.39 is 117 Å². The van der Waals surface area contributed by atoms with E-state index >= 15 is 8.78 Å². The fourth-order valence-corrected chi connectivity index (χ4v) is 11.3. The lowest BCUT2D eigenvalue weighted by Gasteiger charge is -2.44. The van der Waals surface area contributed by atoms with E-state index in [1.54, 1.807) is 18.2 Å². The summed E-state index contributed by atoms with van der Waals surface area (Å²) >= 11 is 0. The van der Waals surface area contributed by atoms with Crippen LogP contribution in [-0.2, 0) is 18.7 Å². The number of rotatable bonds is 27. The number of nitrogens with one attached hydrogen (secondary N) is 2. The van der Waals surface area contributed by atoms with Crippen LogP contribution in [-0.4, -0.2) is 107 Å². The Labute approximate surface area is 390 Å². The second kappa shape index (κ2) is 23.6. The van der Waals surface area contributed by atoms with Crippen molar-refractivity contribution in [1.29, 1.82) is 0 Å². The van der Waals surface area contributed by atoms with E-state index in [0.29, 0.717) is 23.4 Å². The maximum Gasteiger partial charge on any atom is 0.460 e. The maximum atomic E-state index is 15.0. The first-order valence-corrected chi connectivity index (χ1v) is 22.8. The van der Waals surface area contributed by atoms with Gasteiger partial charge in [-0.25, -0.2) is 10.3 Å². The minimum atomic E-state index is -8.71. The molecule has 0 aliphatic heterocycles. The normalized spacial score (nSPS) is 14.9. The third-order valence-electron chi connectivity index (χ3n) is 10.9. The van der Waals surface area contributed by atoms with Gasteiger partial charge in [0.05, 0.1) is 19.8 Å². The number of carbonyl (C=O) groups is 2. The Bertz CT molecular complexity index is 2050. The molecule has 0 aliphatic rings. The SMILES string of the molecule is COc1ccc(NC(=O)O[C@H](c2ccc(OCCO[Si](CCC(F)(F)C(F)(F)C(F)(F)C(F)(F)C(F)(F)C(F)(F)C(F)(F)C(F)(F)F)(C(C)C)C(C)C)cc2)[C@@H](CC/C=C/C=C/C(=O)NO)OC)cc1. The zero-order valence-electron chi connectivity index (χ0n) is 37.7. The molecule has 0 bridgehead atoms. The minimum absolute atomic E-state index is 0.0930. The van der Waals surface area contributed by atoms with E-state index in [2.05, 4.69) is 5.32 Å². The second-order valence-electron chi connectivity index (χ2n) is 16.0. The van der Waals surface area contributed by atoms with Gasteiger partial charge in [-0.3, -0.25) is 15.3 Å². The Morgan fingerprint density at radius 3 is 1.64 bits per heavy atom. The van der Waals surface area contributed by atoms with Crippen LogP contribution in [0.25, 0.3) is 0 Å². The van der Waals surface area contributed by atoms with Gasteiger partial charge in [0.25, 0.3) is 5.91 Å². The molecule has 2 amide bonds. The molecule has 0 saturated carbocycles. The van der Waals surface area contributed by atoms with Crippen molar-refractivity contribution in [2.75, 3.05) is 32.8 Å². The Hall–Kier alpha value is -4.83. The van der Waals surface area contributed by atoms with Crippen molar-refractivity contribution in [3.05, 3.63) is 78.4 Å². The van der Waals surface area contributed by atoms with Crippen LogP contribution in [0.4, 0.5) is 85.1 Å². The molecule has 398 valence electrons. The van der Waals surface area contributed by atoms with Gasteiger partial charge in [-0.1, -0.05) is 58.1 Å². The Morgan fingerprint density at radius 2 is 1.17 bits per heavy atom. The smallest absolute Gasteiger partial charge is 0.460 e. The quantitative estimate of drug-likeness (QED) is 0.0154. The van der Waals surface area contributed by atoms with Crippen LogP contribution in [0.1, 0.15) is 58.6 Å². The number of amides is 2. The molecule has 70 heavy (non-hydrogen) atoms. The molecule has 0 aromatic heterocycles. The number of hydrogen-bond donors (Lipinski definition) is 3. The third kappa shape index (κ3) is 13.2. The maximum absolute atomic E-state index is 15.0. The lowest BCUT2D eigenvalue weighted by Crippen LogP contribution is -2.74. The number of hydroxylamine groups is 1. The molecule has 0 spiro atoms. The van der Waals surface area contributed by atoms with Crippen LogP contribution < -0.4 is 20.3 Å². The summed E-state index contributed by atoms with van der Waals surface area (Å²) < 4.78 is 265. The summed E-state index contributed by atoms with van der Waals surface area (Å²) in [7, 11) is -1.26. The molecule has 2 aromatic rings. The molecule has 2 aromatic carbocycles.